The van der Waals surface area contributed by atoms with Crippen molar-refractivity contribution in [1.29, 1.82) is 0 Å². The lowest BCUT2D eigenvalue weighted by atomic mass is 10.1. The molecule has 84 valence electrons. The lowest BCUT2D eigenvalue weighted by molar-refractivity contribution is -0.276. The van der Waals surface area contributed by atoms with Crippen LogP contribution in [0.15, 0.2) is 0 Å². The number of ether oxygens (including phenoxy) is 2. The number of nitrogens with zero attached hydrogens (tertiary/aromatic N) is 1. The maximum Gasteiger partial charge on any atom is 0.165 e. The van der Waals surface area contributed by atoms with Gasteiger partial charge in [0.25, 0.3) is 0 Å². The first kappa shape index (κ1) is 12.0. The average molecular weight is 201 g/mol. The molecular weight excluding hydrogens is 178 g/mol. The molecule has 0 aromatic heterocycles. The zero-order valence-electron chi connectivity index (χ0n) is 9.88. The van der Waals surface area contributed by atoms with Crippen molar-refractivity contribution in [2.45, 2.75) is 32.5 Å². The summed E-state index contributed by atoms with van der Waals surface area (Å²) in [5.74, 6) is 0.201. The molecule has 14 heavy (non-hydrogen) atoms. The third-order valence-corrected chi connectivity index (χ3v) is 2.58. The van der Waals surface area contributed by atoms with Crippen molar-refractivity contribution in [3.05, 3.63) is 0 Å². The minimum atomic E-state index is -0.322. The van der Waals surface area contributed by atoms with E-state index in [4.69, 9.17) is 9.47 Å². The largest absolute Gasteiger partial charge is 0.350 e. The third kappa shape index (κ3) is 3.56. The van der Waals surface area contributed by atoms with E-state index in [1.54, 1.807) is 0 Å². The first-order chi connectivity index (χ1) is 6.56. The van der Waals surface area contributed by atoms with Gasteiger partial charge in [0.05, 0.1) is 13.2 Å². The first-order valence-corrected chi connectivity index (χ1v) is 5.48. The fourth-order valence-electron chi connectivity index (χ4n) is 1.90. The van der Waals surface area contributed by atoms with Gasteiger partial charge in [0.1, 0.15) is 0 Å². The summed E-state index contributed by atoms with van der Waals surface area (Å²) in [5.41, 5.74) is 0. The maximum absolute atomic E-state index is 5.77. The van der Waals surface area contributed by atoms with Gasteiger partial charge in [-0.2, -0.15) is 0 Å². The summed E-state index contributed by atoms with van der Waals surface area (Å²) in [6.07, 6.45) is 2.09. The van der Waals surface area contributed by atoms with E-state index in [1.165, 1.54) is 0 Å². The average Bonchev–Trinajstić information content (AvgIpc) is 2.09. The van der Waals surface area contributed by atoms with Crippen LogP contribution in [-0.4, -0.2) is 44.5 Å². The van der Waals surface area contributed by atoms with Crippen LogP contribution in [-0.2, 0) is 9.47 Å². The molecule has 0 spiro atoms. The van der Waals surface area contributed by atoms with E-state index in [-0.39, 0.29) is 5.79 Å². The van der Waals surface area contributed by atoms with E-state index in [9.17, 15) is 0 Å². The van der Waals surface area contributed by atoms with Crippen LogP contribution in [0, 0.1) is 5.92 Å². The molecule has 1 fully saturated rings. The summed E-state index contributed by atoms with van der Waals surface area (Å²) >= 11 is 0. The topological polar surface area (TPSA) is 21.7 Å². The van der Waals surface area contributed by atoms with Gasteiger partial charge in [-0.3, -0.25) is 0 Å². The van der Waals surface area contributed by atoms with E-state index >= 15 is 0 Å². The minimum Gasteiger partial charge on any atom is -0.350 e. The minimum absolute atomic E-state index is 0.322. The van der Waals surface area contributed by atoms with Crippen LogP contribution in [0.25, 0.3) is 0 Å². The van der Waals surface area contributed by atoms with Gasteiger partial charge in [0.2, 0.25) is 0 Å². The summed E-state index contributed by atoms with van der Waals surface area (Å²) in [5, 5.41) is 0. The van der Waals surface area contributed by atoms with Crippen LogP contribution in [0.4, 0.5) is 0 Å². The molecule has 0 unspecified atom stereocenters. The van der Waals surface area contributed by atoms with E-state index in [0.717, 1.165) is 32.6 Å². The molecular formula is C11H23NO2. The molecule has 1 saturated heterocycles. The van der Waals surface area contributed by atoms with Crippen molar-refractivity contribution < 1.29 is 9.47 Å². The van der Waals surface area contributed by atoms with Gasteiger partial charge >= 0.3 is 0 Å². The number of rotatable bonds is 4. The molecule has 1 heterocycles. The molecule has 0 N–H and O–H groups in total. The molecule has 0 aromatic carbocycles. The van der Waals surface area contributed by atoms with Crippen LogP contribution >= 0.6 is 0 Å². The van der Waals surface area contributed by atoms with E-state index in [2.05, 4.69) is 25.9 Å². The molecule has 0 aliphatic carbocycles. The zero-order chi connectivity index (χ0) is 10.6. The smallest absolute Gasteiger partial charge is 0.165 e. The predicted molar refractivity (Wildman–Crippen MR) is 57.3 cm³/mol. The summed E-state index contributed by atoms with van der Waals surface area (Å²) in [6.45, 7) is 6.90. The van der Waals surface area contributed by atoms with Crippen molar-refractivity contribution in [3.63, 3.8) is 0 Å². The van der Waals surface area contributed by atoms with Crippen molar-refractivity contribution >= 4 is 0 Å². The highest BCUT2D eigenvalue weighted by molar-refractivity contribution is 4.72. The number of hydrogen-bond acceptors (Lipinski definition) is 3. The Kier molecular flexibility index (Phi) is 4.35. The van der Waals surface area contributed by atoms with Crippen molar-refractivity contribution in [1.82, 2.24) is 4.90 Å². The van der Waals surface area contributed by atoms with Gasteiger partial charge in [0.15, 0.2) is 5.79 Å². The standard InChI is InChI=1S/C11H23NO2/c1-5-6-11(2)13-8-10(9-14-11)7-12(3)4/h10H,5-9H2,1-4H3. The molecule has 0 amide bonds. The zero-order valence-corrected chi connectivity index (χ0v) is 9.88. The van der Waals surface area contributed by atoms with Crippen molar-refractivity contribution in [3.8, 4) is 0 Å². The van der Waals surface area contributed by atoms with Crippen LogP contribution in [0.1, 0.15) is 26.7 Å². The molecule has 0 aromatic rings. The third-order valence-electron chi connectivity index (χ3n) is 2.58. The Labute approximate surface area is 87.4 Å². The van der Waals surface area contributed by atoms with E-state index in [0.29, 0.717) is 5.92 Å². The van der Waals surface area contributed by atoms with Gasteiger partial charge in [-0.1, -0.05) is 13.3 Å². The first-order valence-electron chi connectivity index (χ1n) is 5.48. The highest BCUT2D eigenvalue weighted by Gasteiger charge is 2.32. The van der Waals surface area contributed by atoms with Gasteiger partial charge in [0, 0.05) is 18.9 Å². The summed E-state index contributed by atoms with van der Waals surface area (Å²) in [7, 11) is 4.17. The Morgan fingerprint density at radius 2 is 1.86 bits per heavy atom. The lowest BCUT2D eigenvalue weighted by Gasteiger charge is -2.38. The summed E-state index contributed by atoms with van der Waals surface area (Å²) in [4.78, 5) is 2.18. The molecule has 1 aliphatic heterocycles. The summed E-state index contributed by atoms with van der Waals surface area (Å²) < 4.78 is 11.5. The van der Waals surface area contributed by atoms with E-state index in [1.807, 2.05) is 6.92 Å². The van der Waals surface area contributed by atoms with Gasteiger partial charge in [-0.15, -0.1) is 0 Å². The molecule has 0 atom stereocenters. The van der Waals surface area contributed by atoms with Crippen molar-refractivity contribution in [2.24, 2.45) is 5.92 Å². The molecule has 0 radical (unpaired) electrons. The Balaban J connectivity index is 2.30. The predicted octanol–water partition coefficient (Wildman–Crippen LogP) is 1.73. The second-order valence-electron chi connectivity index (χ2n) is 4.63. The molecule has 0 saturated carbocycles. The maximum atomic E-state index is 5.77. The number of hydrogen-bond donors (Lipinski definition) is 0. The van der Waals surface area contributed by atoms with Gasteiger partial charge in [-0.05, 0) is 21.0 Å². The Morgan fingerprint density at radius 3 is 2.29 bits per heavy atom. The van der Waals surface area contributed by atoms with Crippen LogP contribution in [0.2, 0.25) is 0 Å². The van der Waals surface area contributed by atoms with Crippen LogP contribution in [0.5, 0.6) is 0 Å². The quantitative estimate of drug-likeness (QED) is 0.691. The van der Waals surface area contributed by atoms with E-state index < -0.39 is 0 Å². The van der Waals surface area contributed by atoms with Crippen LogP contribution < -0.4 is 0 Å². The Bertz CT molecular complexity index is 163. The normalized spacial score (nSPS) is 33.6. The van der Waals surface area contributed by atoms with Gasteiger partial charge in [-0.25, -0.2) is 0 Å². The highest BCUT2D eigenvalue weighted by Crippen LogP contribution is 2.25. The Hall–Kier alpha value is -0.120. The second kappa shape index (κ2) is 5.10. The van der Waals surface area contributed by atoms with Crippen LogP contribution in [0.3, 0.4) is 0 Å². The fourth-order valence-corrected chi connectivity index (χ4v) is 1.90. The van der Waals surface area contributed by atoms with Gasteiger partial charge < -0.3 is 14.4 Å². The fraction of sp³-hybridized carbons (Fsp3) is 1.00. The molecule has 3 nitrogen and oxygen atoms in total. The Morgan fingerprint density at radius 1 is 1.29 bits per heavy atom. The lowest BCUT2D eigenvalue weighted by Crippen LogP contribution is -2.44. The monoisotopic (exact) mass is 201 g/mol. The highest BCUT2D eigenvalue weighted by atomic mass is 16.7. The van der Waals surface area contributed by atoms with Crippen molar-refractivity contribution in [2.75, 3.05) is 33.9 Å². The second-order valence-corrected chi connectivity index (χ2v) is 4.63. The molecule has 3 heteroatoms. The summed E-state index contributed by atoms with van der Waals surface area (Å²) in [6, 6.07) is 0. The molecule has 1 rings (SSSR count). The SMILES string of the molecule is CCCC1(C)OCC(CN(C)C)CO1. The molecule has 1 aliphatic rings. The molecule has 0 bridgehead atoms.